The van der Waals surface area contributed by atoms with Gasteiger partial charge in [-0.3, -0.25) is 4.79 Å². The number of imidazole rings is 1. The standard InChI is InChI=1S/C9H9FIN3O3/c10-5-1-6-7(12-3-14(6)2-5)8(13-4-15)9(16)17-11/h3-5,8H,1-2H2,(H,13,15)/t5-,8?/m1/s1. The lowest BCUT2D eigenvalue weighted by atomic mass is 10.1. The van der Waals surface area contributed by atoms with E-state index in [-0.39, 0.29) is 13.0 Å². The molecule has 92 valence electrons. The van der Waals surface area contributed by atoms with E-state index in [1.165, 1.54) is 29.3 Å². The van der Waals surface area contributed by atoms with E-state index >= 15 is 0 Å². The Labute approximate surface area is 110 Å². The van der Waals surface area contributed by atoms with Crippen molar-refractivity contribution in [1.29, 1.82) is 0 Å². The number of halogens is 2. The van der Waals surface area contributed by atoms with Gasteiger partial charge in [0.2, 0.25) is 6.41 Å². The molecule has 0 spiro atoms. The zero-order valence-electron chi connectivity index (χ0n) is 8.60. The predicted molar refractivity (Wildman–Crippen MR) is 62.9 cm³/mol. The average Bonchev–Trinajstić information content (AvgIpc) is 2.84. The average molecular weight is 353 g/mol. The second-order valence-electron chi connectivity index (χ2n) is 3.64. The van der Waals surface area contributed by atoms with Gasteiger partial charge in [0.15, 0.2) is 29.0 Å². The predicted octanol–water partition coefficient (Wildman–Crippen LogP) is 0.458. The van der Waals surface area contributed by atoms with E-state index in [4.69, 9.17) is 0 Å². The first-order chi connectivity index (χ1) is 8.17. The SMILES string of the molecule is O=CNC(C(=O)OI)c1ncn2c1C[C@@H](F)C2. The number of nitrogens with zero attached hydrogens (tertiary/aromatic N) is 2. The third kappa shape index (κ3) is 2.26. The lowest BCUT2D eigenvalue weighted by molar-refractivity contribution is -0.135. The number of amides is 1. The Bertz CT molecular complexity index is 451. The van der Waals surface area contributed by atoms with Crippen LogP contribution in [0.5, 0.6) is 0 Å². The van der Waals surface area contributed by atoms with Gasteiger partial charge in [-0.15, -0.1) is 0 Å². The van der Waals surface area contributed by atoms with E-state index in [0.29, 0.717) is 17.8 Å². The van der Waals surface area contributed by atoms with Crippen molar-refractivity contribution in [3.05, 3.63) is 17.7 Å². The van der Waals surface area contributed by atoms with E-state index in [0.717, 1.165) is 0 Å². The summed E-state index contributed by atoms with van der Waals surface area (Å²) in [6.07, 6.45) is 1.08. The fraction of sp³-hybridized carbons (Fsp3) is 0.444. The summed E-state index contributed by atoms with van der Waals surface area (Å²) in [7, 11) is 0. The summed E-state index contributed by atoms with van der Waals surface area (Å²) >= 11 is 1.43. The fourth-order valence-corrected chi connectivity index (χ4v) is 2.16. The molecule has 0 aliphatic carbocycles. The molecule has 0 fully saturated rings. The van der Waals surface area contributed by atoms with Crippen LogP contribution in [0.25, 0.3) is 0 Å². The fourth-order valence-electron chi connectivity index (χ4n) is 1.90. The highest BCUT2D eigenvalue weighted by atomic mass is 127. The number of fused-ring (bicyclic) bond motifs is 1. The zero-order chi connectivity index (χ0) is 12.4. The van der Waals surface area contributed by atoms with E-state index in [2.05, 4.69) is 13.4 Å². The lowest BCUT2D eigenvalue weighted by Gasteiger charge is -2.11. The molecule has 2 atom stereocenters. The molecule has 0 aromatic carbocycles. The first-order valence-corrected chi connectivity index (χ1v) is 5.75. The van der Waals surface area contributed by atoms with E-state index < -0.39 is 18.2 Å². The third-order valence-corrected chi connectivity index (χ3v) is 3.04. The maximum Gasteiger partial charge on any atom is 0.344 e. The molecule has 0 saturated carbocycles. The molecule has 1 N–H and O–H groups in total. The summed E-state index contributed by atoms with van der Waals surface area (Å²) in [6.45, 7) is 0.232. The molecule has 2 rings (SSSR count). The quantitative estimate of drug-likeness (QED) is 0.631. The largest absolute Gasteiger partial charge is 0.393 e. The van der Waals surface area contributed by atoms with Gasteiger partial charge in [0.25, 0.3) is 0 Å². The molecule has 1 aliphatic rings. The van der Waals surface area contributed by atoms with Gasteiger partial charge in [0, 0.05) is 12.1 Å². The van der Waals surface area contributed by atoms with E-state index in [1.54, 1.807) is 4.57 Å². The second-order valence-corrected chi connectivity index (χ2v) is 4.08. The normalized spacial score (nSPS) is 19.5. The molecule has 0 saturated heterocycles. The van der Waals surface area contributed by atoms with Crippen LogP contribution in [0.4, 0.5) is 4.39 Å². The monoisotopic (exact) mass is 353 g/mol. The van der Waals surface area contributed by atoms with Crippen molar-refractivity contribution >= 4 is 35.4 Å². The number of alkyl halides is 1. The van der Waals surface area contributed by atoms with Gasteiger partial charge in [0.1, 0.15) is 6.17 Å². The Hall–Kier alpha value is -1.19. The topological polar surface area (TPSA) is 73.2 Å². The molecule has 0 bridgehead atoms. The maximum absolute atomic E-state index is 13.2. The van der Waals surface area contributed by atoms with E-state index in [9.17, 15) is 14.0 Å². The molecule has 17 heavy (non-hydrogen) atoms. The molecular weight excluding hydrogens is 344 g/mol. The first kappa shape index (κ1) is 12.3. The number of rotatable bonds is 4. The zero-order valence-corrected chi connectivity index (χ0v) is 10.8. The van der Waals surface area contributed by atoms with Crippen molar-refractivity contribution in [2.45, 2.75) is 25.2 Å². The Morgan fingerprint density at radius 2 is 2.59 bits per heavy atom. The molecule has 6 nitrogen and oxygen atoms in total. The van der Waals surface area contributed by atoms with Gasteiger partial charge in [-0.25, -0.2) is 14.2 Å². The van der Waals surface area contributed by atoms with Crippen LogP contribution >= 0.6 is 23.0 Å². The number of carbonyl (C=O) groups excluding carboxylic acids is 2. The summed E-state index contributed by atoms with van der Waals surface area (Å²) < 4.78 is 19.4. The number of hydrogen-bond donors (Lipinski definition) is 1. The summed E-state index contributed by atoms with van der Waals surface area (Å²) in [5, 5.41) is 2.32. The Balaban J connectivity index is 2.31. The molecule has 0 radical (unpaired) electrons. The van der Waals surface area contributed by atoms with Gasteiger partial charge in [-0.2, -0.15) is 0 Å². The summed E-state index contributed by atoms with van der Waals surface area (Å²) in [6, 6.07) is -0.981. The minimum absolute atomic E-state index is 0.195. The van der Waals surface area contributed by atoms with Gasteiger partial charge in [-0.05, 0) is 0 Å². The van der Waals surface area contributed by atoms with Crippen LogP contribution in [-0.2, 0) is 25.6 Å². The van der Waals surface area contributed by atoms with Crippen LogP contribution in [0, 0.1) is 0 Å². The van der Waals surface area contributed by atoms with Gasteiger partial charge in [0.05, 0.1) is 18.6 Å². The maximum atomic E-state index is 13.2. The summed E-state index contributed by atoms with van der Waals surface area (Å²) in [5.74, 6) is -0.637. The molecule has 1 aromatic rings. The second kappa shape index (κ2) is 4.98. The van der Waals surface area contributed by atoms with Crippen molar-refractivity contribution in [3.63, 3.8) is 0 Å². The highest BCUT2D eigenvalue weighted by Crippen LogP contribution is 2.25. The van der Waals surface area contributed by atoms with Crippen LogP contribution in [-0.4, -0.2) is 28.1 Å². The highest BCUT2D eigenvalue weighted by Gasteiger charge is 2.32. The van der Waals surface area contributed by atoms with Crippen molar-refractivity contribution in [1.82, 2.24) is 14.9 Å². The molecule has 2 heterocycles. The molecule has 1 amide bonds. The molecular formula is C9H9FIN3O3. The van der Waals surface area contributed by atoms with Crippen molar-refractivity contribution in [2.24, 2.45) is 0 Å². The van der Waals surface area contributed by atoms with Gasteiger partial charge < -0.3 is 13.0 Å². The summed E-state index contributed by atoms with van der Waals surface area (Å²) in [4.78, 5) is 26.0. The van der Waals surface area contributed by atoms with Crippen molar-refractivity contribution in [3.8, 4) is 0 Å². The summed E-state index contributed by atoms with van der Waals surface area (Å²) in [5.41, 5.74) is 0.970. The minimum Gasteiger partial charge on any atom is -0.393 e. The highest BCUT2D eigenvalue weighted by molar-refractivity contribution is 14.1. The Kier molecular flexibility index (Phi) is 3.60. The minimum atomic E-state index is -0.981. The molecule has 8 heteroatoms. The number of aromatic nitrogens is 2. The van der Waals surface area contributed by atoms with Crippen LogP contribution in [0.3, 0.4) is 0 Å². The number of carbonyl (C=O) groups is 2. The molecule has 1 unspecified atom stereocenters. The van der Waals surface area contributed by atoms with E-state index in [1.807, 2.05) is 0 Å². The third-order valence-electron chi connectivity index (χ3n) is 2.61. The first-order valence-electron chi connectivity index (χ1n) is 4.87. The van der Waals surface area contributed by atoms with Crippen LogP contribution < -0.4 is 5.32 Å². The number of nitrogens with one attached hydrogen (secondary N) is 1. The van der Waals surface area contributed by atoms with Crippen molar-refractivity contribution < 1.29 is 17.0 Å². The number of hydrogen-bond acceptors (Lipinski definition) is 4. The molecule has 1 aromatic heterocycles. The van der Waals surface area contributed by atoms with Crippen LogP contribution in [0.15, 0.2) is 6.33 Å². The Morgan fingerprint density at radius 3 is 3.24 bits per heavy atom. The lowest BCUT2D eigenvalue weighted by Crippen LogP contribution is -2.29. The van der Waals surface area contributed by atoms with Crippen LogP contribution in [0.2, 0.25) is 0 Å². The van der Waals surface area contributed by atoms with Gasteiger partial charge >= 0.3 is 5.97 Å². The van der Waals surface area contributed by atoms with Gasteiger partial charge in [-0.1, -0.05) is 0 Å². The molecule has 1 aliphatic heterocycles. The van der Waals surface area contributed by atoms with Crippen LogP contribution in [0.1, 0.15) is 17.4 Å². The Morgan fingerprint density at radius 1 is 1.82 bits per heavy atom. The smallest absolute Gasteiger partial charge is 0.344 e. The van der Waals surface area contributed by atoms with Crippen molar-refractivity contribution in [2.75, 3.05) is 0 Å².